The second-order valence-electron chi connectivity index (χ2n) is 4.06. The lowest BCUT2D eigenvalue weighted by molar-refractivity contribution is -0.143. The number of pyridine rings is 1. The maximum atomic E-state index is 11.0. The number of carbonyl (C=O) groups is 1. The van der Waals surface area contributed by atoms with Crippen molar-refractivity contribution in [3.05, 3.63) is 23.4 Å². The average Bonchev–Trinajstić information content (AvgIpc) is 2.36. The van der Waals surface area contributed by atoms with Crippen LogP contribution in [0.15, 0.2) is 23.4 Å². The van der Waals surface area contributed by atoms with Crippen molar-refractivity contribution in [3.63, 3.8) is 0 Å². The molecule has 1 aromatic rings. The SMILES string of the molecule is CCC(N)(CCCSc1ncccc1Cl)C(=O)O. The lowest BCUT2D eigenvalue weighted by atomic mass is 9.92. The first kappa shape index (κ1) is 15.3. The number of nitrogens with zero attached hydrogens (tertiary/aromatic N) is 1. The van der Waals surface area contributed by atoms with Gasteiger partial charge in [-0.3, -0.25) is 4.79 Å². The molecule has 0 amide bonds. The largest absolute Gasteiger partial charge is 0.480 e. The fourth-order valence-electron chi connectivity index (χ4n) is 1.47. The minimum Gasteiger partial charge on any atom is -0.480 e. The predicted molar refractivity (Wildman–Crippen MR) is 74.1 cm³/mol. The fourth-order valence-corrected chi connectivity index (χ4v) is 2.58. The maximum absolute atomic E-state index is 11.0. The Morgan fingerprint density at radius 2 is 2.39 bits per heavy atom. The summed E-state index contributed by atoms with van der Waals surface area (Å²) in [7, 11) is 0. The summed E-state index contributed by atoms with van der Waals surface area (Å²) in [5.41, 5.74) is 4.68. The van der Waals surface area contributed by atoms with Crippen molar-refractivity contribution in [2.75, 3.05) is 5.75 Å². The van der Waals surface area contributed by atoms with Gasteiger partial charge in [-0.25, -0.2) is 4.98 Å². The molecular formula is C12H17ClN2O2S. The Morgan fingerprint density at radius 1 is 1.67 bits per heavy atom. The Bertz CT molecular complexity index is 417. The van der Waals surface area contributed by atoms with Crippen LogP contribution in [0.2, 0.25) is 5.02 Å². The molecule has 0 aliphatic heterocycles. The molecule has 6 heteroatoms. The number of halogens is 1. The zero-order chi connectivity index (χ0) is 13.6. The van der Waals surface area contributed by atoms with Gasteiger partial charge in [0.05, 0.1) is 5.02 Å². The number of nitrogens with two attached hydrogens (primary N) is 1. The summed E-state index contributed by atoms with van der Waals surface area (Å²) in [6.07, 6.45) is 3.28. The second-order valence-corrected chi connectivity index (χ2v) is 5.55. The van der Waals surface area contributed by atoms with Crippen LogP contribution in [0.4, 0.5) is 0 Å². The van der Waals surface area contributed by atoms with Gasteiger partial charge < -0.3 is 10.8 Å². The van der Waals surface area contributed by atoms with Crippen LogP contribution in [0, 0.1) is 0 Å². The molecule has 0 fully saturated rings. The third-order valence-corrected chi connectivity index (χ3v) is 4.30. The van der Waals surface area contributed by atoms with E-state index in [-0.39, 0.29) is 0 Å². The predicted octanol–water partition coefficient (Wildman–Crippen LogP) is 2.80. The topological polar surface area (TPSA) is 76.2 Å². The summed E-state index contributed by atoms with van der Waals surface area (Å²) < 4.78 is 0. The minimum atomic E-state index is -1.12. The molecule has 0 radical (unpaired) electrons. The third kappa shape index (κ3) is 4.15. The van der Waals surface area contributed by atoms with Crippen LogP contribution in [-0.2, 0) is 4.79 Å². The van der Waals surface area contributed by atoms with Crippen LogP contribution in [0.1, 0.15) is 26.2 Å². The van der Waals surface area contributed by atoms with Crippen LogP contribution in [0.25, 0.3) is 0 Å². The van der Waals surface area contributed by atoms with Crippen molar-refractivity contribution in [1.29, 1.82) is 0 Å². The number of hydrogen-bond donors (Lipinski definition) is 2. The number of carboxylic acid groups (broad SMARTS) is 1. The van der Waals surface area contributed by atoms with E-state index in [4.69, 9.17) is 22.4 Å². The van der Waals surface area contributed by atoms with E-state index in [1.165, 1.54) is 11.8 Å². The molecule has 18 heavy (non-hydrogen) atoms. The van der Waals surface area contributed by atoms with Gasteiger partial charge in [0.15, 0.2) is 0 Å². The Kier molecular flexibility index (Phi) is 5.91. The van der Waals surface area contributed by atoms with Crippen LogP contribution in [0.5, 0.6) is 0 Å². The molecule has 0 spiro atoms. The number of aromatic nitrogens is 1. The molecular weight excluding hydrogens is 272 g/mol. The average molecular weight is 289 g/mol. The normalized spacial score (nSPS) is 14.2. The smallest absolute Gasteiger partial charge is 0.323 e. The van der Waals surface area contributed by atoms with E-state index in [1.54, 1.807) is 25.3 Å². The monoisotopic (exact) mass is 288 g/mol. The molecule has 1 heterocycles. The summed E-state index contributed by atoms with van der Waals surface area (Å²) in [6.45, 7) is 1.79. The second kappa shape index (κ2) is 6.97. The highest BCUT2D eigenvalue weighted by Crippen LogP contribution is 2.26. The molecule has 1 unspecified atom stereocenters. The van der Waals surface area contributed by atoms with Crippen molar-refractivity contribution >= 4 is 29.3 Å². The van der Waals surface area contributed by atoms with Crippen molar-refractivity contribution in [3.8, 4) is 0 Å². The first-order valence-electron chi connectivity index (χ1n) is 5.75. The van der Waals surface area contributed by atoms with Crippen molar-refractivity contribution in [1.82, 2.24) is 4.98 Å². The van der Waals surface area contributed by atoms with E-state index in [2.05, 4.69) is 4.98 Å². The van der Waals surface area contributed by atoms with Crippen LogP contribution in [-0.4, -0.2) is 27.4 Å². The molecule has 4 nitrogen and oxygen atoms in total. The van der Waals surface area contributed by atoms with Gasteiger partial charge in [-0.2, -0.15) is 0 Å². The Balaban J connectivity index is 2.39. The zero-order valence-electron chi connectivity index (χ0n) is 10.2. The molecule has 0 aliphatic rings. The lowest BCUT2D eigenvalue weighted by Gasteiger charge is -2.22. The van der Waals surface area contributed by atoms with Crippen molar-refractivity contribution < 1.29 is 9.90 Å². The Labute approximate surface area is 116 Å². The van der Waals surface area contributed by atoms with Gasteiger partial charge in [0.25, 0.3) is 0 Å². The molecule has 0 aromatic carbocycles. The number of hydrogen-bond acceptors (Lipinski definition) is 4. The van der Waals surface area contributed by atoms with E-state index >= 15 is 0 Å². The van der Waals surface area contributed by atoms with Crippen LogP contribution >= 0.6 is 23.4 Å². The van der Waals surface area contributed by atoms with Gasteiger partial charge in [-0.1, -0.05) is 18.5 Å². The summed E-state index contributed by atoms with van der Waals surface area (Å²) in [5.74, 6) is -0.186. The molecule has 0 bridgehead atoms. The summed E-state index contributed by atoms with van der Waals surface area (Å²) in [6, 6.07) is 3.56. The van der Waals surface area contributed by atoms with Crippen molar-refractivity contribution in [2.24, 2.45) is 5.73 Å². The van der Waals surface area contributed by atoms with Crippen molar-refractivity contribution in [2.45, 2.75) is 36.8 Å². The quantitative estimate of drug-likeness (QED) is 0.596. The molecule has 1 rings (SSSR count). The summed E-state index contributed by atoms with van der Waals surface area (Å²) >= 11 is 7.49. The van der Waals surface area contributed by atoms with Gasteiger partial charge >= 0.3 is 5.97 Å². The minimum absolute atomic E-state index is 0.428. The molecule has 0 saturated carbocycles. The molecule has 3 N–H and O–H groups in total. The third-order valence-electron chi connectivity index (χ3n) is 2.79. The Morgan fingerprint density at radius 3 is 2.94 bits per heavy atom. The maximum Gasteiger partial charge on any atom is 0.323 e. The zero-order valence-corrected chi connectivity index (χ0v) is 11.8. The summed E-state index contributed by atoms with van der Waals surface area (Å²) in [5, 5.41) is 10.4. The highest BCUT2D eigenvalue weighted by Gasteiger charge is 2.30. The van der Waals surface area contributed by atoms with Crippen LogP contribution < -0.4 is 5.73 Å². The van der Waals surface area contributed by atoms with E-state index < -0.39 is 11.5 Å². The number of thioether (sulfide) groups is 1. The van der Waals surface area contributed by atoms with E-state index in [0.717, 1.165) is 10.8 Å². The Hall–Kier alpha value is -0.780. The van der Waals surface area contributed by atoms with Gasteiger partial charge in [-0.15, -0.1) is 11.8 Å². The van der Waals surface area contributed by atoms with E-state index in [1.807, 2.05) is 0 Å². The van der Waals surface area contributed by atoms with Gasteiger partial charge in [0, 0.05) is 6.20 Å². The van der Waals surface area contributed by atoms with Crippen LogP contribution in [0.3, 0.4) is 0 Å². The van der Waals surface area contributed by atoms with E-state index in [9.17, 15) is 4.79 Å². The summed E-state index contributed by atoms with van der Waals surface area (Å²) in [4.78, 5) is 15.2. The first-order chi connectivity index (χ1) is 8.49. The van der Waals surface area contributed by atoms with Gasteiger partial charge in [-0.05, 0) is 37.1 Å². The first-order valence-corrected chi connectivity index (χ1v) is 7.11. The number of rotatable bonds is 7. The van der Waals surface area contributed by atoms with Gasteiger partial charge in [0.2, 0.25) is 0 Å². The molecule has 100 valence electrons. The molecule has 1 atom stereocenters. The fraction of sp³-hybridized carbons (Fsp3) is 0.500. The highest BCUT2D eigenvalue weighted by atomic mass is 35.5. The standard InChI is InChI=1S/C12H17ClN2O2S/c1-2-12(14,11(16)17)6-4-8-18-10-9(13)5-3-7-15-10/h3,5,7H,2,4,6,8,14H2,1H3,(H,16,17). The molecule has 0 saturated heterocycles. The number of carboxylic acids is 1. The van der Waals surface area contributed by atoms with Gasteiger partial charge in [0.1, 0.15) is 10.6 Å². The highest BCUT2D eigenvalue weighted by molar-refractivity contribution is 7.99. The molecule has 1 aromatic heterocycles. The molecule has 0 aliphatic carbocycles. The lowest BCUT2D eigenvalue weighted by Crippen LogP contribution is -2.47. The number of aliphatic carboxylic acids is 1. The van der Waals surface area contributed by atoms with E-state index in [0.29, 0.717) is 24.3 Å².